The number of hydrogen-bond donors (Lipinski definition) is 2. The van der Waals surface area contributed by atoms with Crippen molar-refractivity contribution in [2.45, 2.75) is 11.1 Å². The third kappa shape index (κ3) is 4.05. The molecule has 0 atom stereocenters. The Morgan fingerprint density at radius 3 is 2.56 bits per heavy atom. The third-order valence-corrected chi connectivity index (χ3v) is 5.03. The van der Waals surface area contributed by atoms with Crippen molar-refractivity contribution in [2.75, 3.05) is 11.8 Å². The van der Waals surface area contributed by atoms with Crippen LogP contribution in [0, 0.1) is 0 Å². The summed E-state index contributed by atoms with van der Waals surface area (Å²) >= 11 is 0. The molecule has 0 radical (unpaired) electrons. The van der Waals surface area contributed by atoms with Gasteiger partial charge >= 0.3 is 6.18 Å². The fourth-order valence-electron chi connectivity index (χ4n) is 2.36. The summed E-state index contributed by atoms with van der Waals surface area (Å²) in [7, 11) is -2.90. The van der Waals surface area contributed by atoms with Crippen LogP contribution in [0.15, 0.2) is 59.8 Å². The SMILES string of the molecule is COc1cc(C(F)(F)F)ccc1NS(=O)(=O)c1c[nH]c(-c2ccccn2)c1. The van der Waals surface area contributed by atoms with E-state index < -0.39 is 21.8 Å². The first-order valence-corrected chi connectivity index (χ1v) is 9.07. The molecule has 10 heteroatoms. The second-order valence-electron chi connectivity index (χ2n) is 5.48. The molecule has 3 rings (SSSR count). The summed E-state index contributed by atoms with van der Waals surface area (Å²) in [6, 6.07) is 9.07. The summed E-state index contributed by atoms with van der Waals surface area (Å²) in [5.41, 5.74) is -0.0195. The smallest absolute Gasteiger partial charge is 0.416 e. The number of pyridine rings is 1. The van der Waals surface area contributed by atoms with E-state index in [2.05, 4.69) is 14.7 Å². The van der Waals surface area contributed by atoms with E-state index in [0.29, 0.717) is 11.4 Å². The molecule has 2 aromatic heterocycles. The van der Waals surface area contributed by atoms with Crippen LogP contribution < -0.4 is 9.46 Å². The fraction of sp³-hybridized carbons (Fsp3) is 0.118. The van der Waals surface area contributed by atoms with E-state index in [1.807, 2.05) is 0 Å². The summed E-state index contributed by atoms with van der Waals surface area (Å²) < 4.78 is 70.7. The number of halogens is 3. The van der Waals surface area contributed by atoms with Crippen molar-refractivity contribution >= 4 is 15.7 Å². The summed E-state index contributed by atoms with van der Waals surface area (Å²) in [6.07, 6.45) is -1.73. The van der Waals surface area contributed by atoms with E-state index in [1.165, 1.54) is 12.3 Å². The fourth-order valence-corrected chi connectivity index (χ4v) is 3.42. The van der Waals surface area contributed by atoms with Crippen molar-refractivity contribution in [1.29, 1.82) is 0 Å². The number of nitrogens with one attached hydrogen (secondary N) is 2. The van der Waals surface area contributed by atoms with E-state index in [4.69, 9.17) is 4.74 Å². The molecule has 0 unspecified atom stereocenters. The molecule has 2 heterocycles. The normalized spacial score (nSPS) is 12.0. The Bertz CT molecular complexity index is 1050. The lowest BCUT2D eigenvalue weighted by Crippen LogP contribution is -2.13. The van der Waals surface area contributed by atoms with Crippen molar-refractivity contribution in [2.24, 2.45) is 0 Å². The number of H-pyrrole nitrogens is 1. The summed E-state index contributed by atoms with van der Waals surface area (Å²) in [6.45, 7) is 0. The highest BCUT2D eigenvalue weighted by Gasteiger charge is 2.31. The number of methoxy groups -OCH3 is 1. The number of benzene rings is 1. The van der Waals surface area contributed by atoms with Gasteiger partial charge in [-0.05, 0) is 36.4 Å². The molecule has 3 aromatic rings. The molecule has 0 amide bonds. The van der Waals surface area contributed by atoms with Crippen LogP contribution in [0.2, 0.25) is 0 Å². The van der Waals surface area contributed by atoms with Gasteiger partial charge in [-0.25, -0.2) is 8.42 Å². The molecular weight excluding hydrogens is 383 g/mol. The Kier molecular flexibility index (Phi) is 4.83. The molecule has 0 saturated carbocycles. The topological polar surface area (TPSA) is 84.1 Å². The molecule has 0 fully saturated rings. The number of nitrogens with zero attached hydrogens (tertiary/aromatic N) is 1. The van der Waals surface area contributed by atoms with Crippen LogP contribution in [-0.2, 0) is 16.2 Å². The number of ether oxygens (including phenoxy) is 1. The first-order valence-electron chi connectivity index (χ1n) is 7.58. The number of aromatic nitrogens is 2. The minimum absolute atomic E-state index is 0.0925. The molecular formula is C17H14F3N3O3S. The molecule has 27 heavy (non-hydrogen) atoms. The average molecular weight is 397 g/mol. The quantitative estimate of drug-likeness (QED) is 0.684. The van der Waals surface area contributed by atoms with Gasteiger partial charge in [-0.3, -0.25) is 9.71 Å². The molecule has 0 aliphatic carbocycles. The molecule has 2 N–H and O–H groups in total. The Morgan fingerprint density at radius 1 is 1.15 bits per heavy atom. The van der Waals surface area contributed by atoms with Crippen LogP contribution in [0.4, 0.5) is 18.9 Å². The van der Waals surface area contributed by atoms with E-state index in [1.54, 1.807) is 24.4 Å². The van der Waals surface area contributed by atoms with E-state index in [9.17, 15) is 21.6 Å². The Hall–Kier alpha value is -3.01. The second kappa shape index (κ2) is 6.95. The Labute approximate surface area is 153 Å². The van der Waals surface area contributed by atoms with Gasteiger partial charge in [-0.2, -0.15) is 13.2 Å². The summed E-state index contributed by atoms with van der Waals surface area (Å²) in [5.74, 6) is -0.242. The molecule has 0 saturated heterocycles. The van der Waals surface area contributed by atoms with Crippen molar-refractivity contribution in [3.63, 3.8) is 0 Å². The molecule has 0 aliphatic rings. The molecule has 6 nitrogen and oxygen atoms in total. The highest BCUT2D eigenvalue weighted by molar-refractivity contribution is 7.92. The van der Waals surface area contributed by atoms with Gasteiger partial charge < -0.3 is 9.72 Å². The first kappa shape index (κ1) is 18.8. The van der Waals surface area contributed by atoms with Gasteiger partial charge in [0.2, 0.25) is 0 Å². The van der Waals surface area contributed by atoms with Crippen molar-refractivity contribution < 1.29 is 26.3 Å². The van der Waals surface area contributed by atoms with Gasteiger partial charge in [0.15, 0.2) is 0 Å². The Morgan fingerprint density at radius 2 is 1.93 bits per heavy atom. The monoisotopic (exact) mass is 397 g/mol. The minimum Gasteiger partial charge on any atom is -0.495 e. The second-order valence-corrected chi connectivity index (χ2v) is 7.16. The van der Waals surface area contributed by atoms with Gasteiger partial charge in [0.05, 0.1) is 29.7 Å². The van der Waals surface area contributed by atoms with Crippen molar-refractivity contribution in [1.82, 2.24) is 9.97 Å². The lowest BCUT2D eigenvalue weighted by Gasteiger charge is -2.14. The van der Waals surface area contributed by atoms with Gasteiger partial charge in [0.25, 0.3) is 10.0 Å². The maximum Gasteiger partial charge on any atom is 0.416 e. The molecule has 0 spiro atoms. The maximum atomic E-state index is 12.8. The zero-order valence-corrected chi connectivity index (χ0v) is 14.7. The lowest BCUT2D eigenvalue weighted by molar-refractivity contribution is -0.137. The van der Waals surface area contributed by atoms with E-state index >= 15 is 0 Å². The van der Waals surface area contributed by atoms with E-state index in [-0.39, 0.29) is 16.3 Å². The number of alkyl halides is 3. The number of sulfonamides is 1. The van der Waals surface area contributed by atoms with Crippen molar-refractivity contribution in [3.05, 3.63) is 60.4 Å². The number of anilines is 1. The largest absolute Gasteiger partial charge is 0.495 e. The Balaban J connectivity index is 1.90. The van der Waals surface area contributed by atoms with E-state index in [0.717, 1.165) is 25.3 Å². The van der Waals surface area contributed by atoms with Crippen LogP contribution in [0.25, 0.3) is 11.4 Å². The number of hydrogen-bond acceptors (Lipinski definition) is 4. The maximum absolute atomic E-state index is 12.8. The summed E-state index contributed by atoms with van der Waals surface area (Å²) in [5, 5.41) is 0. The highest BCUT2D eigenvalue weighted by Crippen LogP contribution is 2.36. The average Bonchev–Trinajstić information content (AvgIpc) is 3.13. The number of rotatable bonds is 5. The van der Waals surface area contributed by atoms with Gasteiger partial charge in [-0.1, -0.05) is 6.07 Å². The van der Waals surface area contributed by atoms with Crippen LogP contribution in [-0.4, -0.2) is 25.5 Å². The van der Waals surface area contributed by atoms with Crippen LogP contribution >= 0.6 is 0 Å². The van der Waals surface area contributed by atoms with Crippen LogP contribution in [0.1, 0.15) is 5.56 Å². The van der Waals surface area contributed by atoms with Gasteiger partial charge in [0, 0.05) is 12.4 Å². The van der Waals surface area contributed by atoms with Crippen molar-refractivity contribution in [3.8, 4) is 17.1 Å². The highest BCUT2D eigenvalue weighted by atomic mass is 32.2. The van der Waals surface area contributed by atoms with Gasteiger partial charge in [-0.15, -0.1) is 0 Å². The molecule has 1 aromatic carbocycles. The summed E-state index contributed by atoms with van der Waals surface area (Å²) in [4.78, 5) is 6.83. The standard InChI is InChI=1S/C17H14F3N3O3S/c1-26-16-8-11(17(18,19)20)5-6-14(16)23-27(24,25)12-9-15(22-10-12)13-4-2-3-7-21-13/h2-10,22-23H,1H3. The minimum atomic E-state index is -4.57. The third-order valence-electron chi connectivity index (χ3n) is 3.68. The lowest BCUT2D eigenvalue weighted by atomic mass is 10.2. The van der Waals surface area contributed by atoms with Gasteiger partial charge in [0.1, 0.15) is 10.6 Å². The zero-order valence-electron chi connectivity index (χ0n) is 13.9. The predicted octanol–water partition coefficient (Wildman–Crippen LogP) is 3.90. The first-order chi connectivity index (χ1) is 12.7. The zero-order chi connectivity index (χ0) is 19.7. The number of aromatic amines is 1. The molecule has 0 aliphatic heterocycles. The van der Waals surface area contributed by atoms with Crippen LogP contribution in [0.5, 0.6) is 5.75 Å². The molecule has 0 bridgehead atoms. The molecule has 142 valence electrons. The van der Waals surface area contributed by atoms with Crippen LogP contribution in [0.3, 0.4) is 0 Å². The predicted molar refractivity (Wildman–Crippen MR) is 92.8 cm³/mol.